The SMILES string of the molecule is COC(CN(C)C)Cn1cc(C2=C(c3c[nH]c4ccccc34)C(=O)NC2=O)c2ccc(O)cc21. The molecule has 0 fully saturated rings. The summed E-state index contributed by atoms with van der Waals surface area (Å²) in [5.74, 6) is -0.737. The van der Waals surface area contributed by atoms with Crippen molar-refractivity contribution in [3.63, 3.8) is 0 Å². The number of carbonyl (C=O) groups is 2. The van der Waals surface area contributed by atoms with Gasteiger partial charge in [-0.05, 0) is 32.3 Å². The number of nitrogens with zero attached hydrogens (tertiary/aromatic N) is 2. The first-order chi connectivity index (χ1) is 16.4. The van der Waals surface area contributed by atoms with Crippen molar-refractivity contribution >= 4 is 44.8 Å². The maximum atomic E-state index is 13.1. The topological polar surface area (TPSA) is 99.6 Å². The van der Waals surface area contributed by atoms with Crippen LogP contribution in [0.25, 0.3) is 33.0 Å². The zero-order chi connectivity index (χ0) is 24.0. The zero-order valence-corrected chi connectivity index (χ0v) is 19.3. The Morgan fingerprint density at radius 1 is 1.03 bits per heavy atom. The van der Waals surface area contributed by atoms with Crippen LogP contribution in [0.2, 0.25) is 0 Å². The van der Waals surface area contributed by atoms with E-state index in [2.05, 4.69) is 10.3 Å². The molecule has 1 atom stereocenters. The molecule has 174 valence electrons. The predicted molar refractivity (Wildman–Crippen MR) is 131 cm³/mol. The highest BCUT2D eigenvalue weighted by atomic mass is 16.5. The molecule has 3 heterocycles. The molecule has 2 aromatic carbocycles. The number of nitrogens with one attached hydrogen (secondary N) is 2. The highest BCUT2D eigenvalue weighted by molar-refractivity contribution is 6.50. The molecule has 1 aliphatic heterocycles. The van der Waals surface area contributed by atoms with Crippen molar-refractivity contribution in [3.05, 3.63) is 66.0 Å². The second-order valence-corrected chi connectivity index (χ2v) is 8.80. The molecule has 0 bridgehead atoms. The molecule has 2 amide bonds. The van der Waals surface area contributed by atoms with Gasteiger partial charge in [0.2, 0.25) is 0 Å². The zero-order valence-electron chi connectivity index (χ0n) is 19.3. The van der Waals surface area contributed by atoms with E-state index < -0.39 is 11.8 Å². The fourth-order valence-corrected chi connectivity index (χ4v) is 4.71. The number of H-pyrrole nitrogens is 1. The van der Waals surface area contributed by atoms with Gasteiger partial charge in [-0.1, -0.05) is 18.2 Å². The smallest absolute Gasteiger partial charge is 0.259 e. The van der Waals surface area contributed by atoms with Gasteiger partial charge in [0.05, 0.1) is 29.3 Å². The molecule has 0 saturated carbocycles. The van der Waals surface area contributed by atoms with E-state index in [0.29, 0.717) is 35.4 Å². The van der Waals surface area contributed by atoms with Crippen molar-refractivity contribution in [3.8, 4) is 5.75 Å². The minimum Gasteiger partial charge on any atom is -0.508 e. The number of aromatic amines is 1. The third-order valence-electron chi connectivity index (χ3n) is 6.23. The number of hydrogen-bond acceptors (Lipinski definition) is 5. The van der Waals surface area contributed by atoms with Crippen molar-refractivity contribution in [2.75, 3.05) is 27.7 Å². The van der Waals surface area contributed by atoms with E-state index in [1.165, 1.54) is 0 Å². The lowest BCUT2D eigenvalue weighted by atomic mass is 9.95. The van der Waals surface area contributed by atoms with Gasteiger partial charge in [-0.15, -0.1) is 0 Å². The Hall–Kier alpha value is -3.88. The van der Waals surface area contributed by atoms with Gasteiger partial charge in [-0.25, -0.2) is 0 Å². The van der Waals surface area contributed by atoms with Gasteiger partial charge < -0.3 is 24.3 Å². The number of amides is 2. The van der Waals surface area contributed by atoms with E-state index in [-0.39, 0.29) is 11.9 Å². The Bertz CT molecular complexity index is 1460. The molecule has 5 rings (SSSR count). The van der Waals surface area contributed by atoms with Gasteiger partial charge in [0.15, 0.2) is 0 Å². The first-order valence-corrected chi connectivity index (χ1v) is 11.0. The number of hydrogen-bond donors (Lipinski definition) is 3. The van der Waals surface area contributed by atoms with Gasteiger partial charge in [-0.3, -0.25) is 14.9 Å². The first-order valence-electron chi connectivity index (χ1n) is 11.0. The summed E-state index contributed by atoms with van der Waals surface area (Å²) in [6.07, 6.45) is 3.52. The summed E-state index contributed by atoms with van der Waals surface area (Å²) in [5.41, 5.74) is 3.62. The number of carbonyl (C=O) groups excluding carboxylic acids is 2. The maximum Gasteiger partial charge on any atom is 0.259 e. The quantitative estimate of drug-likeness (QED) is 0.370. The number of fused-ring (bicyclic) bond motifs is 2. The summed E-state index contributed by atoms with van der Waals surface area (Å²) < 4.78 is 7.64. The number of rotatable bonds is 7. The Morgan fingerprint density at radius 2 is 1.76 bits per heavy atom. The molecule has 3 N–H and O–H groups in total. The highest BCUT2D eigenvalue weighted by Gasteiger charge is 2.35. The standard InChI is InChI=1S/C26H26N4O4/c1-29(2)12-16(34-3)13-30-14-20(18-9-8-15(31)10-22(18)30)24-23(25(32)28-26(24)33)19-11-27-21-7-5-4-6-17(19)21/h4-11,14,16,27,31H,12-13H2,1-3H3,(H,28,32,33). The van der Waals surface area contributed by atoms with Crippen molar-refractivity contribution in [1.29, 1.82) is 0 Å². The van der Waals surface area contributed by atoms with Gasteiger partial charge in [0.1, 0.15) is 5.75 Å². The molecular formula is C26H26N4O4. The van der Waals surface area contributed by atoms with Gasteiger partial charge >= 0.3 is 0 Å². The number of aromatic hydroxyl groups is 1. The Labute approximate surface area is 196 Å². The molecule has 1 unspecified atom stereocenters. The minimum absolute atomic E-state index is 0.109. The summed E-state index contributed by atoms with van der Waals surface area (Å²) >= 11 is 0. The number of likely N-dealkylation sites (N-methyl/N-ethyl adjacent to an activating group) is 1. The number of ether oxygens (including phenoxy) is 1. The summed E-state index contributed by atoms with van der Waals surface area (Å²) in [4.78, 5) is 31.3. The van der Waals surface area contributed by atoms with E-state index in [1.807, 2.05) is 54.0 Å². The van der Waals surface area contributed by atoms with Crippen molar-refractivity contribution in [1.82, 2.24) is 19.8 Å². The molecule has 2 aromatic heterocycles. The fraction of sp³-hybridized carbons (Fsp3) is 0.231. The third kappa shape index (κ3) is 3.67. The monoisotopic (exact) mass is 458 g/mol. The van der Waals surface area contributed by atoms with Crippen molar-refractivity contribution in [2.24, 2.45) is 0 Å². The second-order valence-electron chi connectivity index (χ2n) is 8.80. The van der Waals surface area contributed by atoms with Gasteiger partial charge in [0, 0.05) is 59.5 Å². The average molecular weight is 459 g/mol. The summed E-state index contributed by atoms with van der Waals surface area (Å²) in [5, 5.41) is 14.3. The first kappa shape index (κ1) is 21.9. The van der Waals surface area contributed by atoms with Crippen LogP contribution in [0.15, 0.2) is 54.9 Å². The van der Waals surface area contributed by atoms with Crippen LogP contribution in [-0.4, -0.2) is 65.2 Å². The third-order valence-corrected chi connectivity index (χ3v) is 6.23. The Morgan fingerprint density at radius 3 is 2.50 bits per heavy atom. The van der Waals surface area contributed by atoms with E-state index in [4.69, 9.17) is 4.74 Å². The molecule has 0 spiro atoms. The summed E-state index contributed by atoms with van der Waals surface area (Å²) in [6, 6.07) is 12.7. The number of phenolic OH excluding ortho intramolecular Hbond substituents is 1. The molecule has 1 aliphatic rings. The Balaban J connectivity index is 1.72. The summed E-state index contributed by atoms with van der Waals surface area (Å²) in [7, 11) is 5.62. The maximum absolute atomic E-state index is 13.1. The number of para-hydroxylation sites is 1. The Kier molecular flexibility index (Phi) is 5.47. The van der Waals surface area contributed by atoms with Crippen molar-refractivity contribution in [2.45, 2.75) is 12.6 Å². The molecule has 0 aliphatic carbocycles. The lowest BCUT2D eigenvalue weighted by molar-refractivity contribution is -0.122. The van der Waals surface area contributed by atoms with Gasteiger partial charge in [-0.2, -0.15) is 0 Å². The number of aromatic nitrogens is 2. The second kappa shape index (κ2) is 8.48. The van der Waals surface area contributed by atoms with E-state index >= 15 is 0 Å². The van der Waals surface area contributed by atoms with Crippen LogP contribution in [-0.2, 0) is 20.9 Å². The van der Waals surface area contributed by atoms with E-state index in [0.717, 1.165) is 21.8 Å². The molecule has 8 nitrogen and oxygen atoms in total. The van der Waals surface area contributed by atoms with Crippen LogP contribution in [0.1, 0.15) is 11.1 Å². The van der Waals surface area contributed by atoms with Crippen LogP contribution in [0, 0.1) is 0 Å². The number of phenols is 1. The number of methoxy groups -OCH3 is 1. The molecule has 8 heteroatoms. The van der Waals surface area contributed by atoms with Crippen LogP contribution >= 0.6 is 0 Å². The van der Waals surface area contributed by atoms with Crippen LogP contribution in [0.4, 0.5) is 0 Å². The summed E-state index contributed by atoms with van der Waals surface area (Å²) in [6.45, 7) is 1.21. The molecule has 4 aromatic rings. The number of benzene rings is 2. The highest BCUT2D eigenvalue weighted by Crippen LogP contribution is 2.39. The van der Waals surface area contributed by atoms with Crippen LogP contribution in [0.5, 0.6) is 5.75 Å². The normalized spacial score (nSPS) is 15.2. The van der Waals surface area contributed by atoms with E-state index in [9.17, 15) is 14.7 Å². The molecular weight excluding hydrogens is 432 g/mol. The van der Waals surface area contributed by atoms with Gasteiger partial charge in [0.25, 0.3) is 11.8 Å². The molecule has 34 heavy (non-hydrogen) atoms. The van der Waals surface area contributed by atoms with E-state index in [1.54, 1.807) is 31.5 Å². The van der Waals surface area contributed by atoms with Crippen molar-refractivity contribution < 1.29 is 19.4 Å². The van der Waals surface area contributed by atoms with Crippen LogP contribution < -0.4 is 5.32 Å². The minimum atomic E-state index is -0.436. The predicted octanol–water partition coefficient (Wildman–Crippen LogP) is 2.97. The fourth-order valence-electron chi connectivity index (χ4n) is 4.71. The largest absolute Gasteiger partial charge is 0.508 e. The number of imide groups is 1. The van der Waals surface area contributed by atoms with Crippen LogP contribution in [0.3, 0.4) is 0 Å². The average Bonchev–Trinajstić information content (AvgIpc) is 3.45. The lowest BCUT2D eigenvalue weighted by Gasteiger charge is -2.20. The molecule has 0 radical (unpaired) electrons. The molecule has 0 saturated heterocycles. The lowest BCUT2D eigenvalue weighted by Crippen LogP contribution is -2.31.